The molecule has 0 N–H and O–H groups in total. The summed E-state index contributed by atoms with van der Waals surface area (Å²) >= 11 is 0. The van der Waals surface area contributed by atoms with E-state index < -0.39 is 0 Å². The molecule has 0 atom stereocenters. The van der Waals surface area contributed by atoms with Gasteiger partial charge in [-0.25, -0.2) is 0 Å². The van der Waals surface area contributed by atoms with E-state index in [4.69, 9.17) is 9.47 Å². The van der Waals surface area contributed by atoms with Gasteiger partial charge in [0.2, 0.25) is 0 Å². The van der Waals surface area contributed by atoms with Crippen LogP contribution in [0.25, 0.3) is 0 Å². The summed E-state index contributed by atoms with van der Waals surface area (Å²) < 4.78 is 13.0. The molecule has 0 aliphatic rings. The van der Waals surface area contributed by atoms with Crippen molar-refractivity contribution in [2.24, 2.45) is 0 Å². The van der Waals surface area contributed by atoms with Gasteiger partial charge in [-0.15, -0.1) is 0 Å². The average molecular weight is 393 g/mol. The Hall–Kier alpha value is -3.28. The third kappa shape index (κ3) is 4.96. The number of aryl methyl sites for hydroxylation is 1. The Bertz CT molecular complexity index is 950. The lowest BCUT2D eigenvalue weighted by Gasteiger charge is -2.18. The maximum Gasteiger partial charge on any atom is 0.255 e. The Morgan fingerprint density at radius 2 is 1.83 bits per heavy atom. The summed E-state index contributed by atoms with van der Waals surface area (Å²) in [6.45, 7) is 5.55. The highest BCUT2D eigenvalue weighted by Crippen LogP contribution is 2.19. The fourth-order valence-electron chi connectivity index (χ4n) is 3.19. The Morgan fingerprint density at radius 1 is 1.10 bits per heavy atom. The van der Waals surface area contributed by atoms with Crippen molar-refractivity contribution in [3.63, 3.8) is 0 Å². The number of amides is 1. The normalized spacial score (nSPS) is 10.6. The third-order valence-corrected chi connectivity index (χ3v) is 4.95. The van der Waals surface area contributed by atoms with E-state index >= 15 is 0 Å². The molecule has 6 nitrogen and oxygen atoms in total. The zero-order valence-electron chi connectivity index (χ0n) is 17.4. The van der Waals surface area contributed by atoms with Crippen LogP contribution in [0.3, 0.4) is 0 Å². The topological polar surface area (TPSA) is 56.6 Å². The summed E-state index contributed by atoms with van der Waals surface area (Å²) in [7, 11) is 3.42. The first-order valence-corrected chi connectivity index (χ1v) is 9.58. The van der Waals surface area contributed by atoms with E-state index in [-0.39, 0.29) is 5.91 Å². The molecule has 0 fully saturated rings. The highest BCUT2D eigenvalue weighted by atomic mass is 16.5. The summed E-state index contributed by atoms with van der Waals surface area (Å²) in [6.07, 6.45) is 1.78. The van der Waals surface area contributed by atoms with Crippen LogP contribution in [0.15, 0.2) is 54.7 Å². The minimum Gasteiger partial charge on any atom is -0.497 e. The Morgan fingerprint density at radius 3 is 2.48 bits per heavy atom. The molecule has 1 amide bonds. The second-order valence-electron chi connectivity index (χ2n) is 6.94. The van der Waals surface area contributed by atoms with Gasteiger partial charge in [0.05, 0.1) is 31.5 Å². The Kier molecular flexibility index (Phi) is 6.54. The second kappa shape index (κ2) is 9.28. The molecule has 152 valence electrons. The van der Waals surface area contributed by atoms with Crippen LogP contribution in [0.5, 0.6) is 11.5 Å². The molecule has 0 aliphatic heterocycles. The minimum absolute atomic E-state index is 0.0105. The number of ether oxygens (including phenoxy) is 2. The van der Waals surface area contributed by atoms with E-state index in [9.17, 15) is 4.79 Å². The van der Waals surface area contributed by atoms with Crippen molar-refractivity contribution >= 4 is 5.91 Å². The first-order valence-electron chi connectivity index (χ1n) is 9.58. The maximum absolute atomic E-state index is 12.9. The van der Waals surface area contributed by atoms with Gasteiger partial charge in [0.15, 0.2) is 0 Å². The lowest BCUT2D eigenvalue weighted by molar-refractivity contribution is 0.0773. The third-order valence-electron chi connectivity index (χ3n) is 4.95. The van der Waals surface area contributed by atoms with Gasteiger partial charge in [0.25, 0.3) is 5.91 Å². The van der Waals surface area contributed by atoms with Crippen molar-refractivity contribution in [2.75, 3.05) is 27.3 Å². The van der Waals surface area contributed by atoms with Gasteiger partial charge in [-0.2, -0.15) is 0 Å². The number of nitrogens with zero attached hydrogens (tertiary/aromatic N) is 3. The van der Waals surface area contributed by atoms with E-state index in [1.807, 2.05) is 62.4 Å². The first-order chi connectivity index (χ1) is 14.0. The number of hydrogen-bond donors (Lipinski definition) is 0. The lowest BCUT2D eigenvalue weighted by atomic mass is 10.2. The van der Waals surface area contributed by atoms with Gasteiger partial charge in [-0.05, 0) is 56.3 Å². The van der Waals surface area contributed by atoms with Gasteiger partial charge in [0.1, 0.15) is 18.1 Å². The molecule has 29 heavy (non-hydrogen) atoms. The number of pyridine rings is 1. The fourth-order valence-corrected chi connectivity index (χ4v) is 3.19. The summed E-state index contributed by atoms with van der Waals surface area (Å²) in [6, 6.07) is 15.2. The van der Waals surface area contributed by atoms with Crippen molar-refractivity contribution in [3.8, 4) is 11.5 Å². The van der Waals surface area contributed by atoms with E-state index in [1.165, 1.54) is 0 Å². The number of methoxy groups -OCH3 is 1. The van der Waals surface area contributed by atoms with E-state index in [2.05, 4.69) is 9.55 Å². The molecule has 0 radical (unpaired) electrons. The van der Waals surface area contributed by atoms with Crippen molar-refractivity contribution < 1.29 is 14.3 Å². The molecule has 0 spiro atoms. The quantitative estimate of drug-likeness (QED) is 0.585. The van der Waals surface area contributed by atoms with Crippen molar-refractivity contribution in [1.82, 2.24) is 14.5 Å². The number of carbonyl (C=O) groups excluding carboxylic acids is 1. The predicted molar refractivity (Wildman–Crippen MR) is 113 cm³/mol. The molecular formula is C23H27N3O3. The smallest absolute Gasteiger partial charge is 0.255 e. The highest BCUT2D eigenvalue weighted by Gasteiger charge is 2.19. The van der Waals surface area contributed by atoms with Crippen molar-refractivity contribution in [2.45, 2.75) is 20.4 Å². The molecule has 0 saturated carbocycles. The summed E-state index contributed by atoms with van der Waals surface area (Å²) in [5.41, 5.74) is 3.67. The summed E-state index contributed by atoms with van der Waals surface area (Å²) in [4.78, 5) is 19.0. The molecule has 0 saturated heterocycles. The first kappa shape index (κ1) is 20.5. The fraction of sp³-hybridized carbons (Fsp3) is 0.304. The Labute approximate surface area is 171 Å². The molecule has 1 aromatic carbocycles. The van der Waals surface area contributed by atoms with Crippen LogP contribution < -0.4 is 9.47 Å². The standard InChI is InChI=1S/C23H27N3O3/c1-17-15-22(18(2)26(17)16-19-7-5-6-12-24-19)23(27)25(3)13-14-29-21-10-8-20(28-4)9-11-21/h5-12,15H,13-14,16H2,1-4H3. The number of likely N-dealkylation sites (N-methyl/N-ethyl adjacent to an activating group) is 1. The van der Waals surface area contributed by atoms with Crippen LogP contribution in [-0.2, 0) is 6.54 Å². The number of hydrogen-bond acceptors (Lipinski definition) is 4. The maximum atomic E-state index is 12.9. The van der Waals surface area contributed by atoms with E-state index in [1.54, 1.807) is 25.3 Å². The van der Waals surface area contributed by atoms with Crippen molar-refractivity contribution in [1.29, 1.82) is 0 Å². The molecule has 2 heterocycles. The molecule has 3 rings (SSSR count). The van der Waals surface area contributed by atoms with Crippen molar-refractivity contribution in [3.05, 3.63) is 77.4 Å². The van der Waals surface area contributed by atoms with Gasteiger partial charge in [0, 0.05) is 24.6 Å². The minimum atomic E-state index is -0.0105. The van der Waals surface area contributed by atoms with Crippen LogP contribution in [0.2, 0.25) is 0 Å². The monoisotopic (exact) mass is 393 g/mol. The lowest BCUT2D eigenvalue weighted by Crippen LogP contribution is -2.31. The number of benzene rings is 1. The van der Waals surface area contributed by atoms with E-state index in [0.717, 1.165) is 28.6 Å². The predicted octanol–water partition coefficient (Wildman–Crippen LogP) is 3.71. The Balaban J connectivity index is 1.61. The van der Waals surface area contributed by atoms with Gasteiger partial charge >= 0.3 is 0 Å². The van der Waals surface area contributed by atoms with Crippen LogP contribution in [0, 0.1) is 13.8 Å². The molecule has 0 aliphatic carbocycles. The van der Waals surface area contributed by atoms with Gasteiger partial charge in [-0.3, -0.25) is 9.78 Å². The largest absolute Gasteiger partial charge is 0.497 e. The molecule has 0 unspecified atom stereocenters. The molecule has 0 bridgehead atoms. The second-order valence-corrected chi connectivity index (χ2v) is 6.94. The van der Waals surface area contributed by atoms with Crippen LogP contribution in [0.4, 0.5) is 0 Å². The van der Waals surface area contributed by atoms with Crippen LogP contribution >= 0.6 is 0 Å². The van der Waals surface area contributed by atoms with Gasteiger partial charge in [-0.1, -0.05) is 6.07 Å². The van der Waals surface area contributed by atoms with Gasteiger partial charge < -0.3 is 18.9 Å². The SMILES string of the molecule is COc1ccc(OCCN(C)C(=O)c2cc(C)n(Cc3ccccn3)c2C)cc1. The number of carbonyl (C=O) groups is 1. The summed E-state index contributed by atoms with van der Waals surface area (Å²) in [5, 5.41) is 0. The molecule has 3 aromatic rings. The molecular weight excluding hydrogens is 366 g/mol. The zero-order valence-corrected chi connectivity index (χ0v) is 17.4. The molecule has 6 heteroatoms. The van der Waals surface area contributed by atoms with Crippen LogP contribution in [0.1, 0.15) is 27.4 Å². The highest BCUT2D eigenvalue weighted by molar-refractivity contribution is 5.95. The summed E-state index contributed by atoms with van der Waals surface area (Å²) in [5.74, 6) is 1.52. The molecule has 2 aromatic heterocycles. The number of aromatic nitrogens is 2. The average Bonchev–Trinajstić information content (AvgIpc) is 3.02. The number of rotatable bonds is 8. The zero-order chi connectivity index (χ0) is 20.8. The van der Waals surface area contributed by atoms with E-state index in [0.29, 0.717) is 25.3 Å². The van der Waals surface area contributed by atoms with Crippen LogP contribution in [-0.4, -0.2) is 47.7 Å².